The summed E-state index contributed by atoms with van der Waals surface area (Å²) >= 11 is 0. The van der Waals surface area contributed by atoms with Crippen molar-refractivity contribution in [3.05, 3.63) is 0 Å². The molecule has 31 heavy (non-hydrogen) atoms. The van der Waals surface area contributed by atoms with Crippen LogP contribution in [0.3, 0.4) is 0 Å². The predicted molar refractivity (Wildman–Crippen MR) is 120 cm³/mol. The lowest BCUT2D eigenvalue weighted by Gasteiger charge is -2.64. The Kier molecular flexibility index (Phi) is 5.15. The molecule has 0 radical (unpaired) electrons. The maximum Gasteiger partial charge on any atom is 0.303 e. The minimum Gasteiger partial charge on any atom is -0.481 e. The van der Waals surface area contributed by atoms with Gasteiger partial charge in [-0.1, -0.05) is 34.1 Å². The van der Waals surface area contributed by atoms with Crippen molar-refractivity contribution in [1.29, 1.82) is 0 Å². The van der Waals surface area contributed by atoms with Crippen LogP contribution in [-0.4, -0.2) is 33.5 Å². The van der Waals surface area contributed by atoms with Crippen LogP contribution >= 0.6 is 0 Å². The van der Waals surface area contributed by atoms with Gasteiger partial charge in [-0.3, -0.25) is 4.79 Å². The molecule has 1 spiro atoms. The van der Waals surface area contributed by atoms with Gasteiger partial charge in [0.05, 0.1) is 12.2 Å². The molecule has 0 amide bonds. The number of aliphatic carboxylic acids is 1. The van der Waals surface area contributed by atoms with E-state index < -0.39 is 5.97 Å². The van der Waals surface area contributed by atoms with Crippen molar-refractivity contribution < 1.29 is 20.1 Å². The second kappa shape index (κ2) is 7.19. The molecule has 0 saturated heterocycles. The lowest BCUT2D eigenvalue weighted by atomic mass is 9.41. The van der Waals surface area contributed by atoms with E-state index in [0.717, 1.165) is 32.1 Å². The van der Waals surface area contributed by atoms with E-state index in [-0.39, 0.29) is 23.0 Å². The summed E-state index contributed by atoms with van der Waals surface area (Å²) < 4.78 is 0. The van der Waals surface area contributed by atoms with Crippen molar-refractivity contribution in [3.63, 3.8) is 0 Å². The largest absolute Gasteiger partial charge is 0.481 e. The Hall–Kier alpha value is -0.610. The Morgan fingerprint density at radius 2 is 1.71 bits per heavy atom. The Labute approximate surface area is 188 Å². The molecule has 4 unspecified atom stereocenters. The number of aliphatic hydroxyl groups excluding tert-OH is 2. The minimum atomic E-state index is -0.662. The van der Waals surface area contributed by atoms with Gasteiger partial charge in [0.25, 0.3) is 0 Å². The van der Waals surface area contributed by atoms with Gasteiger partial charge in [0.1, 0.15) is 0 Å². The molecule has 4 heteroatoms. The summed E-state index contributed by atoms with van der Waals surface area (Å²) in [5.74, 6) is 2.78. The van der Waals surface area contributed by atoms with Crippen molar-refractivity contribution in [2.24, 2.45) is 57.7 Å². The van der Waals surface area contributed by atoms with Crippen molar-refractivity contribution >= 4 is 5.97 Å². The SMILES string of the molecule is CC[C@H]1[C@@H](O)C2C3CC[C@@]4(C(CCC(=O)O)[C@H]4C)[C@@]3(C)CCC2[C@@]2(C)CC[C@H](O)C[C@@H]12. The summed E-state index contributed by atoms with van der Waals surface area (Å²) in [6.45, 7) is 9.63. The zero-order valence-electron chi connectivity index (χ0n) is 20.0. The molecule has 4 nitrogen and oxygen atoms in total. The van der Waals surface area contributed by atoms with Crippen LogP contribution in [0.1, 0.15) is 91.9 Å². The fraction of sp³-hybridized carbons (Fsp3) is 0.963. The third-order valence-corrected chi connectivity index (χ3v) is 12.4. The molecule has 0 aromatic carbocycles. The summed E-state index contributed by atoms with van der Waals surface area (Å²) in [7, 11) is 0. The van der Waals surface area contributed by atoms with E-state index in [4.69, 9.17) is 0 Å². The van der Waals surface area contributed by atoms with E-state index in [2.05, 4.69) is 27.7 Å². The molecule has 5 fully saturated rings. The Morgan fingerprint density at radius 3 is 2.39 bits per heavy atom. The van der Waals surface area contributed by atoms with Crippen molar-refractivity contribution in [2.75, 3.05) is 0 Å². The van der Waals surface area contributed by atoms with Crippen LogP contribution in [-0.2, 0) is 4.79 Å². The highest BCUT2D eigenvalue weighted by atomic mass is 16.4. The van der Waals surface area contributed by atoms with Crippen LogP contribution in [0.15, 0.2) is 0 Å². The second-order valence-electron chi connectivity index (χ2n) is 12.8. The quantitative estimate of drug-likeness (QED) is 0.576. The zero-order valence-corrected chi connectivity index (χ0v) is 20.0. The molecule has 0 aliphatic heterocycles. The number of carbonyl (C=O) groups is 1. The lowest BCUT2D eigenvalue weighted by molar-refractivity contribution is -0.204. The summed E-state index contributed by atoms with van der Waals surface area (Å²) in [6, 6.07) is 0. The van der Waals surface area contributed by atoms with E-state index in [1.54, 1.807) is 0 Å². The third-order valence-electron chi connectivity index (χ3n) is 12.4. The standard InChI is InChI=1S/C27H44O4/c1-5-17-21-14-16(28)8-11-25(21,3)19-9-12-26(4)20(23(19)24(17)31)10-13-27(26)15(2)18(27)6-7-22(29)30/h15-21,23-24,28,31H,5-14H2,1-4H3,(H,29,30)/t15-,16+,17-,18?,19?,20?,21+,23?,24-,25-,26+,27-/m1/s1. The number of hydrogen-bond acceptors (Lipinski definition) is 3. The highest BCUT2D eigenvalue weighted by Gasteiger charge is 2.76. The van der Waals surface area contributed by atoms with E-state index in [9.17, 15) is 20.1 Å². The first-order chi connectivity index (χ1) is 14.6. The molecule has 5 aliphatic carbocycles. The normalized spacial score (nSPS) is 57.8. The molecule has 0 aromatic rings. The number of rotatable bonds is 4. The highest BCUT2D eigenvalue weighted by molar-refractivity contribution is 5.66. The van der Waals surface area contributed by atoms with E-state index in [1.807, 2.05) is 0 Å². The minimum absolute atomic E-state index is 0.193. The molecule has 0 bridgehead atoms. The van der Waals surface area contributed by atoms with Gasteiger partial charge in [0, 0.05) is 6.42 Å². The van der Waals surface area contributed by atoms with Crippen molar-refractivity contribution in [1.82, 2.24) is 0 Å². The number of carboxylic acid groups (broad SMARTS) is 1. The van der Waals surface area contributed by atoms with Crippen LogP contribution in [0, 0.1) is 57.7 Å². The Morgan fingerprint density at radius 1 is 1.00 bits per heavy atom. The van der Waals surface area contributed by atoms with E-state index in [0.29, 0.717) is 53.3 Å². The monoisotopic (exact) mass is 432 g/mol. The van der Waals surface area contributed by atoms with Gasteiger partial charge in [-0.15, -0.1) is 0 Å². The predicted octanol–water partition coefficient (Wildman–Crippen LogP) is 5.11. The molecule has 176 valence electrons. The van der Waals surface area contributed by atoms with Crippen molar-refractivity contribution in [2.45, 2.75) is 104 Å². The van der Waals surface area contributed by atoms with Crippen LogP contribution in [0.4, 0.5) is 0 Å². The average molecular weight is 433 g/mol. The van der Waals surface area contributed by atoms with Gasteiger partial charge < -0.3 is 15.3 Å². The molecular weight excluding hydrogens is 388 g/mol. The summed E-state index contributed by atoms with van der Waals surface area (Å²) in [4.78, 5) is 11.2. The second-order valence-corrected chi connectivity index (χ2v) is 12.8. The van der Waals surface area contributed by atoms with Crippen LogP contribution in [0.2, 0.25) is 0 Å². The molecule has 5 rings (SSSR count). The van der Waals surface area contributed by atoms with Gasteiger partial charge >= 0.3 is 5.97 Å². The average Bonchev–Trinajstić information content (AvgIpc) is 3.17. The first-order valence-corrected chi connectivity index (χ1v) is 13.2. The van der Waals surface area contributed by atoms with Crippen molar-refractivity contribution in [3.8, 4) is 0 Å². The number of fused-ring (bicyclic) bond motifs is 6. The third kappa shape index (κ3) is 2.76. The van der Waals surface area contributed by atoms with Crippen LogP contribution < -0.4 is 0 Å². The molecular formula is C27H44O4. The maximum absolute atomic E-state index is 11.8. The number of carboxylic acids is 1. The van der Waals surface area contributed by atoms with Gasteiger partial charge in [0.15, 0.2) is 0 Å². The van der Waals surface area contributed by atoms with Crippen LogP contribution in [0.5, 0.6) is 0 Å². The van der Waals surface area contributed by atoms with Gasteiger partial charge in [-0.05, 0) is 109 Å². The Balaban J connectivity index is 1.46. The molecule has 0 heterocycles. The molecule has 3 N–H and O–H groups in total. The zero-order chi connectivity index (χ0) is 22.3. The summed E-state index contributed by atoms with van der Waals surface area (Å²) in [5.41, 5.74) is 0.798. The van der Waals surface area contributed by atoms with Gasteiger partial charge in [-0.25, -0.2) is 0 Å². The van der Waals surface area contributed by atoms with Gasteiger partial charge in [0.2, 0.25) is 0 Å². The summed E-state index contributed by atoms with van der Waals surface area (Å²) in [5, 5.41) is 31.5. The molecule has 12 atom stereocenters. The highest BCUT2D eigenvalue weighted by Crippen LogP contribution is 2.82. The topological polar surface area (TPSA) is 77.8 Å². The Bertz CT molecular complexity index is 737. The van der Waals surface area contributed by atoms with E-state index >= 15 is 0 Å². The number of hydrogen-bond donors (Lipinski definition) is 3. The lowest BCUT2D eigenvalue weighted by Crippen LogP contribution is -2.62. The first kappa shape index (κ1) is 22.2. The molecule has 5 saturated carbocycles. The fourth-order valence-electron chi connectivity index (χ4n) is 10.9. The van der Waals surface area contributed by atoms with Crippen LogP contribution in [0.25, 0.3) is 0 Å². The fourth-order valence-corrected chi connectivity index (χ4v) is 10.9. The summed E-state index contributed by atoms with van der Waals surface area (Å²) in [6.07, 6.45) is 9.46. The molecule has 0 aromatic heterocycles. The number of aliphatic hydroxyl groups is 2. The molecule has 5 aliphatic rings. The first-order valence-electron chi connectivity index (χ1n) is 13.2. The maximum atomic E-state index is 11.8. The van der Waals surface area contributed by atoms with Gasteiger partial charge in [-0.2, -0.15) is 0 Å². The van der Waals surface area contributed by atoms with E-state index in [1.165, 1.54) is 25.7 Å². The smallest absolute Gasteiger partial charge is 0.303 e.